The lowest BCUT2D eigenvalue weighted by Gasteiger charge is -2.22. The van der Waals surface area contributed by atoms with Gasteiger partial charge in [0, 0.05) is 10.8 Å². The van der Waals surface area contributed by atoms with Crippen LogP contribution in [0.2, 0.25) is 0 Å². The van der Waals surface area contributed by atoms with E-state index >= 15 is 0 Å². The van der Waals surface area contributed by atoms with Crippen LogP contribution < -0.4 is 0 Å². The molecule has 0 heterocycles. The summed E-state index contributed by atoms with van der Waals surface area (Å²) in [6.45, 7) is 0. The van der Waals surface area contributed by atoms with Crippen LogP contribution in [0.1, 0.15) is 17.0 Å². The minimum Gasteiger partial charge on any atom is -0.481 e. The Morgan fingerprint density at radius 2 is 1.78 bits per heavy atom. The lowest BCUT2D eigenvalue weighted by Crippen LogP contribution is -2.27. The predicted octanol–water partition coefficient (Wildman–Crippen LogP) is 4.00. The Labute approximate surface area is 128 Å². The number of hydrogen-bond donors (Lipinski definition) is 1. The van der Waals surface area contributed by atoms with Crippen molar-refractivity contribution in [3.05, 3.63) is 81.5 Å². The third-order valence-corrected chi connectivity index (χ3v) is 3.26. The van der Waals surface area contributed by atoms with Gasteiger partial charge in [0.1, 0.15) is 11.9 Å². The fourth-order valence-corrected chi connectivity index (χ4v) is 2.28. The van der Waals surface area contributed by atoms with Crippen LogP contribution in [0.4, 0.5) is 13.2 Å². The highest BCUT2D eigenvalue weighted by molar-refractivity contribution is 5.76. The summed E-state index contributed by atoms with van der Waals surface area (Å²) in [4.78, 5) is 13.9. The van der Waals surface area contributed by atoms with Crippen LogP contribution >= 0.6 is 0 Å². The van der Waals surface area contributed by atoms with E-state index in [1.165, 1.54) is 12.1 Å². The number of halogens is 3. The normalized spacial score (nSPS) is 13.0. The highest BCUT2D eigenvalue weighted by Crippen LogP contribution is 2.31. The fraction of sp³-hybridized carbons (Fsp3) is 0.133. The summed E-state index contributed by atoms with van der Waals surface area (Å²) >= 11 is 0. The van der Waals surface area contributed by atoms with E-state index in [-0.39, 0.29) is 11.1 Å². The van der Waals surface area contributed by atoms with Crippen molar-refractivity contribution < 1.29 is 23.1 Å². The Hall–Kier alpha value is -2.99. The van der Waals surface area contributed by atoms with Gasteiger partial charge in [0.25, 0.3) is 0 Å². The first-order chi connectivity index (χ1) is 10.9. The van der Waals surface area contributed by atoms with Gasteiger partial charge in [0.05, 0.1) is 0 Å². The fourth-order valence-electron chi connectivity index (χ4n) is 2.28. The number of azide groups is 1. The number of carboxylic acid groups (broad SMARTS) is 1. The van der Waals surface area contributed by atoms with E-state index in [1.54, 1.807) is 0 Å². The molecule has 2 atom stereocenters. The number of aliphatic carboxylic acids is 1. The van der Waals surface area contributed by atoms with Crippen molar-refractivity contribution in [1.82, 2.24) is 0 Å². The molecular weight excluding hydrogens is 311 g/mol. The molecule has 0 aliphatic carbocycles. The summed E-state index contributed by atoms with van der Waals surface area (Å²) < 4.78 is 40.0. The summed E-state index contributed by atoms with van der Waals surface area (Å²) in [7, 11) is 0. The molecular formula is C15H10F3N3O2. The third kappa shape index (κ3) is 3.61. The van der Waals surface area contributed by atoms with Crippen molar-refractivity contribution >= 4 is 5.97 Å². The topological polar surface area (TPSA) is 86.1 Å². The van der Waals surface area contributed by atoms with Crippen LogP contribution in [0.5, 0.6) is 0 Å². The predicted molar refractivity (Wildman–Crippen MR) is 75.2 cm³/mol. The van der Waals surface area contributed by atoms with Crippen molar-refractivity contribution in [2.24, 2.45) is 5.11 Å². The van der Waals surface area contributed by atoms with Crippen LogP contribution in [-0.4, -0.2) is 17.1 Å². The Morgan fingerprint density at radius 3 is 2.35 bits per heavy atom. The Kier molecular flexibility index (Phi) is 4.88. The van der Waals surface area contributed by atoms with E-state index in [1.807, 2.05) is 0 Å². The molecule has 8 heteroatoms. The van der Waals surface area contributed by atoms with Crippen LogP contribution in [0.15, 0.2) is 47.6 Å². The Morgan fingerprint density at radius 1 is 1.09 bits per heavy atom. The summed E-state index contributed by atoms with van der Waals surface area (Å²) in [5, 5.41) is 12.5. The zero-order valence-electron chi connectivity index (χ0n) is 11.5. The molecule has 0 saturated heterocycles. The highest BCUT2D eigenvalue weighted by atomic mass is 19.2. The van der Waals surface area contributed by atoms with E-state index in [0.717, 1.165) is 30.3 Å². The molecule has 2 rings (SSSR count). The molecule has 0 aliphatic heterocycles. The number of carbonyl (C=O) groups is 1. The van der Waals surface area contributed by atoms with Crippen molar-refractivity contribution in [2.75, 3.05) is 0 Å². The zero-order chi connectivity index (χ0) is 17.0. The van der Waals surface area contributed by atoms with E-state index in [2.05, 4.69) is 10.0 Å². The molecule has 1 N–H and O–H groups in total. The summed E-state index contributed by atoms with van der Waals surface area (Å²) in [6, 6.07) is 6.09. The van der Waals surface area contributed by atoms with Gasteiger partial charge in [-0.2, -0.15) is 0 Å². The zero-order valence-corrected chi connectivity index (χ0v) is 11.5. The van der Waals surface area contributed by atoms with Gasteiger partial charge in [-0.15, -0.1) is 0 Å². The van der Waals surface area contributed by atoms with E-state index in [4.69, 9.17) is 5.53 Å². The van der Waals surface area contributed by atoms with E-state index < -0.39 is 35.4 Å². The number of nitrogens with zero attached hydrogens (tertiary/aromatic N) is 3. The molecule has 0 aliphatic rings. The molecule has 0 unspecified atom stereocenters. The lowest BCUT2D eigenvalue weighted by molar-refractivity contribution is -0.138. The minimum atomic E-state index is -1.65. The van der Waals surface area contributed by atoms with Crippen LogP contribution in [0.25, 0.3) is 10.4 Å². The standard InChI is InChI=1S/C15H10F3N3O2/c16-10-3-1-2-8(6-10)13(14(15(22)23)20-21-19)9-4-5-11(17)12(18)7-9/h1-7,13-14H,(H,22,23)/t13-,14+/m1/s1. The van der Waals surface area contributed by atoms with Gasteiger partial charge in [-0.05, 0) is 40.9 Å². The first-order valence-electron chi connectivity index (χ1n) is 6.41. The second-order valence-corrected chi connectivity index (χ2v) is 4.69. The lowest BCUT2D eigenvalue weighted by atomic mass is 9.85. The van der Waals surface area contributed by atoms with Crippen molar-refractivity contribution in [2.45, 2.75) is 12.0 Å². The monoisotopic (exact) mass is 321 g/mol. The molecule has 0 radical (unpaired) electrons. The van der Waals surface area contributed by atoms with Crippen LogP contribution in [0.3, 0.4) is 0 Å². The molecule has 2 aromatic carbocycles. The largest absolute Gasteiger partial charge is 0.481 e. The molecule has 0 aromatic heterocycles. The van der Waals surface area contributed by atoms with Gasteiger partial charge >= 0.3 is 5.97 Å². The van der Waals surface area contributed by atoms with Crippen molar-refractivity contribution in [1.29, 1.82) is 0 Å². The van der Waals surface area contributed by atoms with Crippen LogP contribution in [0, 0.1) is 17.5 Å². The molecule has 0 bridgehead atoms. The van der Waals surface area contributed by atoms with Gasteiger partial charge < -0.3 is 5.11 Å². The maximum atomic E-state index is 13.5. The van der Waals surface area contributed by atoms with Gasteiger partial charge in [0.15, 0.2) is 11.6 Å². The molecule has 2 aromatic rings. The maximum absolute atomic E-state index is 13.5. The SMILES string of the molecule is [N-]=[N+]=N[C@H](C(=O)O)[C@H](c1cccc(F)c1)c1ccc(F)c(F)c1. The summed E-state index contributed by atoms with van der Waals surface area (Å²) in [6.07, 6.45) is 0. The number of rotatable bonds is 5. The first kappa shape index (κ1) is 16.4. The van der Waals surface area contributed by atoms with E-state index in [0.29, 0.717) is 0 Å². The number of hydrogen-bond acceptors (Lipinski definition) is 2. The van der Waals surface area contributed by atoms with E-state index in [9.17, 15) is 23.1 Å². The quantitative estimate of drug-likeness (QED) is 0.512. The second-order valence-electron chi connectivity index (χ2n) is 4.69. The molecule has 5 nitrogen and oxygen atoms in total. The average Bonchev–Trinajstić information content (AvgIpc) is 2.50. The van der Waals surface area contributed by atoms with Gasteiger partial charge in [-0.25, -0.2) is 13.2 Å². The van der Waals surface area contributed by atoms with Gasteiger partial charge in [0.2, 0.25) is 0 Å². The molecule has 0 amide bonds. The maximum Gasteiger partial charge on any atom is 0.313 e. The number of carboxylic acids is 1. The molecule has 23 heavy (non-hydrogen) atoms. The van der Waals surface area contributed by atoms with Crippen molar-refractivity contribution in [3.63, 3.8) is 0 Å². The number of benzene rings is 2. The Bertz CT molecular complexity index is 789. The van der Waals surface area contributed by atoms with Gasteiger partial charge in [-0.3, -0.25) is 4.79 Å². The summed E-state index contributed by atoms with van der Waals surface area (Å²) in [5.41, 5.74) is 8.78. The van der Waals surface area contributed by atoms with Crippen LogP contribution in [-0.2, 0) is 4.79 Å². The second kappa shape index (κ2) is 6.85. The molecule has 118 valence electrons. The molecule has 0 spiro atoms. The summed E-state index contributed by atoms with van der Waals surface area (Å²) in [5.74, 6) is -5.58. The van der Waals surface area contributed by atoms with Gasteiger partial charge in [-0.1, -0.05) is 23.3 Å². The third-order valence-electron chi connectivity index (χ3n) is 3.26. The Balaban J connectivity index is 2.65. The minimum absolute atomic E-state index is 0.0503. The first-order valence-corrected chi connectivity index (χ1v) is 6.41. The smallest absolute Gasteiger partial charge is 0.313 e. The van der Waals surface area contributed by atoms with Crippen molar-refractivity contribution in [3.8, 4) is 0 Å². The molecule has 0 saturated carbocycles. The molecule has 0 fully saturated rings. The average molecular weight is 321 g/mol. The highest BCUT2D eigenvalue weighted by Gasteiger charge is 2.31.